The molecule has 0 amide bonds. The molecule has 0 saturated heterocycles. The van der Waals surface area contributed by atoms with Crippen molar-refractivity contribution in [3.05, 3.63) is 65.8 Å². The number of hydrogen-bond donors (Lipinski definition) is 0. The summed E-state index contributed by atoms with van der Waals surface area (Å²) in [6, 6.07) is 8.95. The van der Waals surface area contributed by atoms with Crippen molar-refractivity contribution >= 4 is 19.8 Å². The number of fused-ring (bicyclic) bond motifs is 1. The second-order valence-corrected chi connectivity index (χ2v) is 117. The first kappa shape index (κ1) is 21.4. The zero-order chi connectivity index (χ0) is 15.7. The third-order valence-corrected chi connectivity index (χ3v) is 38.4. The Morgan fingerprint density at radius 1 is 0.826 bits per heavy atom. The van der Waals surface area contributed by atoms with Crippen molar-refractivity contribution in [1.29, 1.82) is 0 Å². The molecule has 0 aromatic heterocycles. The molecule has 128 valence electrons. The summed E-state index contributed by atoms with van der Waals surface area (Å²) in [4.78, 5) is 0. The fourth-order valence-corrected chi connectivity index (χ4v) is 27.5. The van der Waals surface area contributed by atoms with Crippen molar-refractivity contribution in [3.63, 3.8) is 0 Å². The van der Waals surface area contributed by atoms with E-state index in [1.807, 2.05) is 0 Å². The zero-order valence-corrected chi connectivity index (χ0v) is 21.4. The number of halogens is 2. The van der Waals surface area contributed by atoms with Gasteiger partial charge in [-0.2, -0.15) is 0 Å². The molecule has 0 bridgehead atoms. The van der Waals surface area contributed by atoms with Crippen molar-refractivity contribution in [2.75, 3.05) is 0 Å². The van der Waals surface area contributed by atoms with Crippen LogP contribution in [0.3, 0.4) is 0 Å². The van der Waals surface area contributed by atoms with Crippen LogP contribution in [0, 0.1) is 0 Å². The molecule has 5 heteroatoms. The van der Waals surface area contributed by atoms with Gasteiger partial charge in [0.25, 0.3) is 0 Å². The molecule has 0 fully saturated rings. The molecule has 0 saturated carbocycles. The first-order valence-corrected chi connectivity index (χ1v) is 32.5. The minimum atomic E-state index is -4.49. The van der Waals surface area contributed by atoms with E-state index >= 15 is 0 Å². The van der Waals surface area contributed by atoms with Gasteiger partial charge in [-0.05, 0) is 0 Å². The van der Waals surface area contributed by atoms with Crippen LogP contribution in [0.5, 0.6) is 0 Å². The van der Waals surface area contributed by atoms with E-state index in [0.29, 0.717) is 7.25 Å². The van der Waals surface area contributed by atoms with Crippen LogP contribution in [-0.2, 0) is 11.6 Å². The third kappa shape index (κ3) is 3.02. The minimum absolute atomic E-state index is 0. The molecule has 2 aliphatic carbocycles. The molecule has 0 nitrogen and oxygen atoms in total. The summed E-state index contributed by atoms with van der Waals surface area (Å²) in [7, 11) is 0. The second kappa shape index (κ2) is 4.01. The number of hydrogen-bond acceptors (Lipinski definition) is 0. The van der Waals surface area contributed by atoms with Gasteiger partial charge in [0.2, 0.25) is 0 Å². The molecule has 2 aliphatic rings. The van der Waals surface area contributed by atoms with Gasteiger partial charge in [0.1, 0.15) is 0 Å². The molecule has 1 unspecified atom stereocenters. The Bertz CT molecular complexity index is 996. The van der Waals surface area contributed by atoms with Crippen molar-refractivity contribution in [2.45, 2.75) is 25.8 Å². The van der Waals surface area contributed by atoms with E-state index in [-0.39, 0.29) is 24.8 Å². The van der Waals surface area contributed by atoms with Crippen LogP contribution in [0.25, 0.3) is 6.08 Å². The molecule has 0 radical (unpaired) electrons. The van der Waals surface area contributed by atoms with Crippen LogP contribution >= 0.6 is 0 Å². The van der Waals surface area contributed by atoms with Crippen LogP contribution in [0.2, 0.25) is 22.2 Å². The van der Waals surface area contributed by atoms with E-state index in [2.05, 4.69) is 93.0 Å². The molecule has 0 spiro atoms. The van der Waals surface area contributed by atoms with Gasteiger partial charge in [0.05, 0.1) is 0 Å². The van der Waals surface area contributed by atoms with E-state index in [9.17, 15) is 0 Å². The van der Waals surface area contributed by atoms with Gasteiger partial charge >= 0.3 is 123 Å². The Morgan fingerprint density at radius 3 is 1.91 bits per heavy atom. The van der Waals surface area contributed by atoms with E-state index in [4.69, 9.17) is 0 Å². The minimum Gasteiger partial charge on any atom is -1.00 e. The standard InChI is InChI=1S/C9H7.C5H5.4CH3.2ClH.2H2Si.Zr/c1-2-5-9-7-3-6-8(9)4-1;1-2-4-5-3-1;;;;;;;;;/h1-7H;1-5H;4*1H3;2*1H;2*1H2;/p-2. The summed E-state index contributed by atoms with van der Waals surface area (Å²) >= 11 is -4.49. The fraction of sp³-hybridized carbons (Fsp3) is 0.333. The van der Waals surface area contributed by atoms with E-state index in [1.165, 1.54) is 11.1 Å². The van der Waals surface area contributed by atoms with Gasteiger partial charge in [0, 0.05) is 0 Å². The van der Waals surface area contributed by atoms with Gasteiger partial charge in [-0.3, -0.25) is 0 Å². The molecule has 23 heavy (non-hydrogen) atoms. The Morgan fingerprint density at radius 2 is 1.35 bits per heavy atom. The number of rotatable bonds is 2. The summed E-state index contributed by atoms with van der Waals surface area (Å²) in [6.07, 6.45) is 14.2. The van der Waals surface area contributed by atoms with Gasteiger partial charge in [-0.15, -0.1) is 0 Å². The van der Waals surface area contributed by atoms with E-state index < -0.39 is 11.6 Å². The maximum absolute atomic E-state index is 4.49. The van der Waals surface area contributed by atoms with Crippen molar-refractivity contribution < 1.29 is 36.4 Å². The van der Waals surface area contributed by atoms with Gasteiger partial charge in [-0.1, -0.05) is 0 Å². The van der Waals surface area contributed by atoms with E-state index in [1.54, 1.807) is 0 Å². The quantitative estimate of drug-likeness (QED) is 0.458. The van der Waals surface area contributed by atoms with Crippen molar-refractivity contribution in [2.24, 2.45) is 0 Å². The molecule has 1 aromatic rings. The molecule has 1 atom stereocenters. The van der Waals surface area contributed by atoms with Crippen LogP contribution < -0.4 is 24.8 Å². The predicted octanol–water partition coefficient (Wildman–Crippen LogP) is -1.74. The third-order valence-electron chi connectivity index (χ3n) is 6.41. The van der Waals surface area contributed by atoms with Crippen LogP contribution in [0.15, 0.2) is 54.6 Å². The van der Waals surface area contributed by atoms with E-state index in [0.717, 1.165) is 0 Å². The zero-order valence-electron chi connectivity index (χ0n) is 14.6. The molecular weight excluding hydrogens is 435 g/mol. The normalized spacial score (nSPS) is 26.0. The Balaban J connectivity index is 0.00000132. The van der Waals surface area contributed by atoms with Gasteiger partial charge in [-0.25, -0.2) is 0 Å². The summed E-state index contributed by atoms with van der Waals surface area (Å²) in [5.74, 6) is 0. The van der Waals surface area contributed by atoms with Crippen LogP contribution in [0.4, 0.5) is 0 Å². The van der Waals surface area contributed by atoms with Crippen LogP contribution in [-0.4, -0.2) is 13.8 Å². The topological polar surface area (TPSA) is 0 Å². The Kier molecular flexibility index (Phi) is 3.73. The molecule has 0 heterocycles. The van der Waals surface area contributed by atoms with Crippen molar-refractivity contribution in [1.82, 2.24) is 0 Å². The average Bonchev–Trinajstić information content (AvgIpc) is 2.97. The Hall–Kier alpha value is 0.337. The summed E-state index contributed by atoms with van der Waals surface area (Å²) in [5, 5.41) is 0. The molecule has 1 aromatic carbocycles. The Labute approximate surface area is 146 Å². The smallest absolute Gasteiger partial charge is 1.00 e. The number of benzene rings is 1. The first-order chi connectivity index (χ1) is 9.15. The average molecular weight is 463 g/mol. The summed E-state index contributed by atoms with van der Waals surface area (Å²) in [6.45, 7) is 4.72. The largest absolute Gasteiger partial charge is 1.00 e. The molecule has 3 rings (SSSR count). The van der Waals surface area contributed by atoms with Gasteiger partial charge < -0.3 is 24.8 Å². The SMILES string of the molecule is [CH3][Zr]([CH3])([CH3])([CH3])(=[SiH2])(=[SiH2])([CH]1C=CC=C1)[CH]1C=Cc2ccccc21.[Cl-].[Cl-]. The molecule has 0 aliphatic heterocycles. The second-order valence-electron chi connectivity index (χ2n) is 13.1. The predicted molar refractivity (Wildman–Crippen MR) is 101 cm³/mol. The number of allylic oxidation sites excluding steroid dienone is 5. The maximum Gasteiger partial charge on any atom is -1.00 e. The van der Waals surface area contributed by atoms with Gasteiger partial charge in [0.15, 0.2) is 0 Å². The van der Waals surface area contributed by atoms with Crippen molar-refractivity contribution in [3.8, 4) is 0 Å². The molecular formula is C18H28Cl2Si2Zr-2. The monoisotopic (exact) mass is 460 g/mol. The summed E-state index contributed by atoms with van der Waals surface area (Å²) < 4.78 is 11.7. The molecule has 0 N–H and O–H groups in total. The first-order valence-electron chi connectivity index (χ1n) is 8.02. The maximum atomic E-state index is 2.66. The fourth-order valence-electron chi connectivity index (χ4n) is 4.55. The van der Waals surface area contributed by atoms with Crippen LogP contribution in [0.1, 0.15) is 14.8 Å². The summed E-state index contributed by atoms with van der Waals surface area (Å²) in [5.41, 5.74) is 2.93.